The van der Waals surface area contributed by atoms with Gasteiger partial charge in [0.2, 0.25) is 0 Å². The predicted molar refractivity (Wildman–Crippen MR) is 138 cm³/mol. The number of anilines is 1. The van der Waals surface area contributed by atoms with E-state index in [-0.39, 0.29) is 16.8 Å². The summed E-state index contributed by atoms with van der Waals surface area (Å²) in [5.74, 6) is -1.94. The molecule has 36 heavy (non-hydrogen) atoms. The summed E-state index contributed by atoms with van der Waals surface area (Å²) in [6.45, 7) is 3.78. The fraction of sp³-hybridized carbons (Fsp3) is 0.0714. The van der Waals surface area contributed by atoms with Crippen LogP contribution in [0.15, 0.2) is 84.9 Å². The number of aromatic carboxylic acids is 2. The van der Waals surface area contributed by atoms with Crippen molar-refractivity contribution in [2.45, 2.75) is 13.8 Å². The van der Waals surface area contributed by atoms with Crippen LogP contribution in [0.1, 0.15) is 31.8 Å². The quantitative estimate of drug-likeness (QED) is 0.173. The molecule has 0 aliphatic rings. The number of rotatable bonds is 5. The molecular formula is C28H24N2O6. The summed E-state index contributed by atoms with van der Waals surface area (Å²) in [7, 11) is 0. The molecule has 0 atom stereocenters. The second kappa shape index (κ2) is 11.0. The maximum absolute atomic E-state index is 11.0. The Morgan fingerprint density at radius 1 is 0.722 bits per heavy atom. The number of carboxylic acid groups (broad SMARTS) is 2. The van der Waals surface area contributed by atoms with Gasteiger partial charge in [-0.1, -0.05) is 36.4 Å². The molecule has 0 radical (unpaired) electrons. The first-order chi connectivity index (χ1) is 17.1. The number of carboxylic acids is 2. The monoisotopic (exact) mass is 484 g/mol. The highest BCUT2D eigenvalue weighted by Crippen LogP contribution is 2.28. The Morgan fingerprint density at radius 3 is 1.64 bits per heavy atom. The fourth-order valence-electron chi connectivity index (χ4n) is 3.63. The van der Waals surface area contributed by atoms with E-state index in [1.807, 2.05) is 38.1 Å². The highest BCUT2D eigenvalue weighted by Gasteiger charge is 2.11. The summed E-state index contributed by atoms with van der Waals surface area (Å²) < 4.78 is 0. The van der Waals surface area contributed by atoms with E-state index in [1.54, 1.807) is 36.4 Å². The first kappa shape index (κ1) is 25.6. The zero-order valence-electron chi connectivity index (χ0n) is 19.6. The van der Waals surface area contributed by atoms with Gasteiger partial charge in [-0.15, -0.1) is 0 Å². The molecule has 8 heteroatoms. The highest BCUT2D eigenvalue weighted by molar-refractivity contribution is 5.90. The molecule has 4 N–H and O–H groups in total. The summed E-state index contributed by atoms with van der Waals surface area (Å²) in [4.78, 5) is 32.2. The zero-order chi connectivity index (χ0) is 26.4. The van der Waals surface area contributed by atoms with Crippen molar-refractivity contribution in [1.82, 2.24) is 0 Å². The first-order valence-corrected chi connectivity index (χ1v) is 10.9. The van der Waals surface area contributed by atoms with Crippen molar-refractivity contribution in [3.05, 3.63) is 117 Å². The van der Waals surface area contributed by atoms with Crippen LogP contribution < -0.4 is 5.73 Å². The van der Waals surface area contributed by atoms with E-state index in [9.17, 15) is 19.7 Å². The van der Waals surface area contributed by atoms with E-state index in [2.05, 4.69) is 0 Å². The SMILES string of the molecule is Cc1ccc(C(=O)O)cc1-c1cccc(N)c1.Cc1ccc(C(=O)O)cc1-c1cccc([N+](=O)[O-])c1. The molecule has 0 saturated heterocycles. The van der Waals surface area contributed by atoms with Crippen LogP contribution in [0.2, 0.25) is 0 Å². The lowest BCUT2D eigenvalue weighted by molar-refractivity contribution is -0.384. The standard InChI is InChI=1S/C14H11NO4.C14H13NO2/c1-9-5-6-11(14(16)17)8-13(9)10-3-2-4-12(7-10)15(18)19;1-9-5-6-11(14(16)17)8-13(9)10-3-2-4-12(15)7-10/h2-8H,1H3,(H,16,17);2-8H,15H2,1H3,(H,16,17). The van der Waals surface area contributed by atoms with Crippen molar-refractivity contribution >= 4 is 23.3 Å². The molecule has 0 heterocycles. The maximum Gasteiger partial charge on any atom is 0.335 e. The van der Waals surface area contributed by atoms with Crippen LogP contribution in [0, 0.1) is 24.0 Å². The van der Waals surface area contributed by atoms with Gasteiger partial charge in [0.15, 0.2) is 0 Å². The highest BCUT2D eigenvalue weighted by atomic mass is 16.6. The average Bonchev–Trinajstić information content (AvgIpc) is 2.84. The van der Waals surface area contributed by atoms with Crippen molar-refractivity contribution in [2.75, 3.05) is 5.73 Å². The molecule has 4 aromatic carbocycles. The minimum Gasteiger partial charge on any atom is -0.478 e. The zero-order valence-corrected chi connectivity index (χ0v) is 19.6. The number of carbonyl (C=O) groups is 2. The molecule has 0 aliphatic heterocycles. The third-order valence-electron chi connectivity index (χ3n) is 5.53. The number of hydrogen-bond acceptors (Lipinski definition) is 5. The van der Waals surface area contributed by atoms with Crippen LogP contribution in [-0.2, 0) is 0 Å². The number of nitro benzene ring substituents is 1. The van der Waals surface area contributed by atoms with Crippen LogP contribution in [0.5, 0.6) is 0 Å². The van der Waals surface area contributed by atoms with E-state index >= 15 is 0 Å². The Bertz CT molecular complexity index is 1460. The second-order valence-electron chi connectivity index (χ2n) is 8.10. The Kier molecular flexibility index (Phi) is 7.81. The number of non-ortho nitro benzene ring substituents is 1. The normalized spacial score (nSPS) is 10.2. The van der Waals surface area contributed by atoms with Crippen LogP contribution in [0.4, 0.5) is 11.4 Å². The van der Waals surface area contributed by atoms with Gasteiger partial charge < -0.3 is 15.9 Å². The molecule has 4 rings (SSSR count). The van der Waals surface area contributed by atoms with Crippen LogP contribution >= 0.6 is 0 Å². The lowest BCUT2D eigenvalue weighted by atomic mass is 9.98. The fourth-order valence-corrected chi connectivity index (χ4v) is 3.63. The van der Waals surface area contributed by atoms with Crippen molar-refractivity contribution < 1.29 is 24.7 Å². The summed E-state index contributed by atoms with van der Waals surface area (Å²) >= 11 is 0. The molecule has 0 saturated carbocycles. The van der Waals surface area contributed by atoms with Crippen LogP contribution in [0.3, 0.4) is 0 Å². The van der Waals surface area contributed by atoms with Crippen LogP contribution in [0.25, 0.3) is 22.3 Å². The van der Waals surface area contributed by atoms with E-state index in [1.165, 1.54) is 24.3 Å². The first-order valence-electron chi connectivity index (χ1n) is 10.9. The van der Waals surface area contributed by atoms with Crippen molar-refractivity contribution in [2.24, 2.45) is 0 Å². The molecule has 0 unspecified atom stereocenters. The molecule has 0 aromatic heterocycles. The van der Waals surface area contributed by atoms with Gasteiger partial charge in [-0.2, -0.15) is 0 Å². The number of nitrogen functional groups attached to an aromatic ring is 1. The number of aryl methyl sites for hydroxylation is 2. The molecule has 4 aromatic rings. The Hall–Kier alpha value is -4.98. The minimum atomic E-state index is -1.02. The van der Waals surface area contributed by atoms with Gasteiger partial charge in [-0.05, 0) is 83.6 Å². The van der Waals surface area contributed by atoms with E-state index in [0.29, 0.717) is 16.8 Å². The summed E-state index contributed by atoms with van der Waals surface area (Å²) in [5, 5.41) is 28.7. The van der Waals surface area contributed by atoms with Gasteiger partial charge in [0.25, 0.3) is 5.69 Å². The molecule has 0 aliphatic carbocycles. The number of benzene rings is 4. The van der Waals surface area contributed by atoms with Gasteiger partial charge in [-0.25, -0.2) is 9.59 Å². The average molecular weight is 485 g/mol. The minimum absolute atomic E-state index is 0.0161. The van der Waals surface area contributed by atoms with Gasteiger partial charge in [0.1, 0.15) is 0 Å². The Balaban J connectivity index is 0.000000202. The summed E-state index contributed by atoms with van der Waals surface area (Å²) in [6.07, 6.45) is 0. The summed E-state index contributed by atoms with van der Waals surface area (Å²) in [5.41, 5.74) is 11.9. The molecule has 0 bridgehead atoms. The molecule has 0 fully saturated rings. The van der Waals surface area contributed by atoms with E-state index in [0.717, 1.165) is 22.3 Å². The molecule has 0 spiro atoms. The molecule has 182 valence electrons. The van der Waals surface area contributed by atoms with E-state index in [4.69, 9.17) is 15.9 Å². The summed E-state index contributed by atoms with van der Waals surface area (Å²) in [6, 6.07) is 23.4. The third-order valence-corrected chi connectivity index (χ3v) is 5.53. The van der Waals surface area contributed by atoms with E-state index < -0.39 is 16.9 Å². The molecular weight excluding hydrogens is 460 g/mol. The van der Waals surface area contributed by atoms with Crippen molar-refractivity contribution in [1.29, 1.82) is 0 Å². The largest absolute Gasteiger partial charge is 0.478 e. The number of nitrogens with zero attached hydrogens (tertiary/aromatic N) is 1. The Morgan fingerprint density at radius 2 is 1.19 bits per heavy atom. The number of hydrogen-bond donors (Lipinski definition) is 3. The second-order valence-corrected chi connectivity index (χ2v) is 8.10. The lowest BCUT2D eigenvalue weighted by Crippen LogP contribution is -1.97. The van der Waals surface area contributed by atoms with Crippen molar-refractivity contribution in [3.63, 3.8) is 0 Å². The number of nitrogens with two attached hydrogens (primary N) is 1. The molecule has 8 nitrogen and oxygen atoms in total. The lowest BCUT2D eigenvalue weighted by Gasteiger charge is -2.08. The van der Waals surface area contributed by atoms with Crippen molar-refractivity contribution in [3.8, 4) is 22.3 Å². The number of nitro groups is 1. The Labute approximate surface area is 207 Å². The van der Waals surface area contributed by atoms with Gasteiger partial charge >= 0.3 is 11.9 Å². The smallest absolute Gasteiger partial charge is 0.335 e. The maximum atomic E-state index is 11.0. The molecule has 0 amide bonds. The van der Waals surface area contributed by atoms with Gasteiger partial charge in [0.05, 0.1) is 16.1 Å². The topological polar surface area (TPSA) is 144 Å². The van der Waals surface area contributed by atoms with Crippen LogP contribution in [-0.4, -0.2) is 27.1 Å². The van der Waals surface area contributed by atoms with Gasteiger partial charge in [-0.3, -0.25) is 10.1 Å². The predicted octanol–water partition coefficient (Wildman–Crippen LogP) is 6.21. The van der Waals surface area contributed by atoms with Gasteiger partial charge in [0, 0.05) is 17.8 Å². The third kappa shape index (κ3) is 6.12.